The summed E-state index contributed by atoms with van der Waals surface area (Å²) in [6.07, 6.45) is 0. The van der Waals surface area contributed by atoms with E-state index in [4.69, 9.17) is 21.7 Å². The summed E-state index contributed by atoms with van der Waals surface area (Å²) < 4.78 is 21.4. The van der Waals surface area contributed by atoms with Gasteiger partial charge in [-0.05, 0) is 30.2 Å². The maximum Gasteiger partial charge on any atom is 0.320 e. The van der Waals surface area contributed by atoms with E-state index in [1.54, 1.807) is 13.8 Å². The van der Waals surface area contributed by atoms with Crippen LogP contribution < -0.4 is 16.6 Å². The number of nitrogen functional groups attached to an aromatic ring is 1. The lowest BCUT2D eigenvalue weighted by Gasteiger charge is -2.07. The molecular formula is C11H19N3O4S. The average molecular weight is 289 g/mol. The van der Waals surface area contributed by atoms with Crippen LogP contribution in [0.1, 0.15) is 13.8 Å². The molecule has 0 saturated carbocycles. The quantitative estimate of drug-likeness (QED) is 0.574. The summed E-state index contributed by atoms with van der Waals surface area (Å²) in [6, 6.07) is 4.99. The molecule has 0 aromatic heterocycles. The number of sulfonamides is 1. The van der Waals surface area contributed by atoms with Gasteiger partial charge in [0, 0.05) is 5.69 Å². The van der Waals surface area contributed by atoms with Gasteiger partial charge in [0.15, 0.2) is 0 Å². The SMILES string of the molecule is CC(C)[C@H](N)C(=O)O.Nc1ccc(S(N)(=O)=O)cc1. The first kappa shape index (κ1) is 17.4. The zero-order valence-corrected chi connectivity index (χ0v) is 11.6. The molecule has 0 fully saturated rings. The number of aliphatic carboxylic acids is 1. The number of benzene rings is 1. The highest BCUT2D eigenvalue weighted by Crippen LogP contribution is 2.08. The van der Waals surface area contributed by atoms with Crippen LogP contribution >= 0.6 is 0 Å². The number of carboxylic acid groups (broad SMARTS) is 1. The highest BCUT2D eigenvalue weighted by molar-refractivity contribution is 7.89. The lowest BCUT2D eigenvalue weighted by Crippen LogP contribution is -2.34. The van der Waals surface area contributed by atoms with Crippen molar-refractivity contribution in [3.8, 4) is 0 Å². The van der Waals surface area contributed by atoms with E-state index in [0.29, 0.717) is 5.69 Å². The van der Waals surface area contributed by atoms with Crippen molar-refractivity contribution >= 4 is 21.7 Å². The zero-order valence-electron chi connectivity index (χ0n) is 10.8. The summed E-state index contributed by atoms with van der Waals surface area (Å²) in [5.41, 5.74) is 11.0. The Hall–Kier alpha value is -1.64. The van der Waals surface area contributed by atoms with Gasteiger partial charge in [0.1, 0.15) is 6.04 Å². The van der Waals surface area contributed by atoms with E-state index >= 15 is 0 Å². The Morgan fingerprint density at radius 3 is 1.84 bits per heavy atom. The van der Waals surface area contributed by atoms with Gasteiger partial charge in [-0.15, -0.1) is 0 Å². The molecule has 0 aliphatic heterocycles. The van der Waals surface area contributed by atoms with Crippen molar-refractivity contribution in [2.45, 2.75) is 24.8 Å². The van der Waals surface area contributed by atoms with Gasteiger partial charge in [0.25, 0.3) is 0 Å². The van der Waals surface area contributed by atoms with E-state index in [-0.39, 0.29) is 10.8 Å². The minimum atomic E-state index is -3.58. The first-order valence-corrected chi connectivity index (χ1v) is 6.97. The predicted octanol–water partition coefficient (Wildman–Crippen LogP) is -0.0295. The van der Waals surface area contributed by atoms with E-state index in [1.165, 1.54) is 24.3 Å². The number of anilines is 1. The molecule has 1 rings (SSSR count). The van der Waals surface area contributed by atoms with Gasteiger partial charge in [-0.1, -0.05) is 13.8 Å². The molecule has 19 heavy (non-hydrogen) atoms. The Labute approximate surface area is 112 Å². The van der Waals surface area contributed by atoms with Gasteiger partial charge in [0.2, 0.25) is 10.0 Å². The molecule has 8 heteroatoms. The highest BCUT2D eigenvalue weighted by Gasteiger charge is 2.14. The van der Waals surface area contributed by atoms with Crippen molar-refractivity contribution in [2.75, 3.05) is 5.73 Å². The van der Waals surface area contributed by atoms with Gasteiger partial charge in [0.05, 0.1) is 4.90 Å². The molecule has 0 radical (unpaired) electrons. The summed E-state index contributed by atoms with van der Waals surface area (Å²) in [4.78, 5) is 10.1. The number of carboxylic acids is 1. The number of nitrogens with two attached hydrogens (primary N) is 3. The molecule has 1 atom stereocenters. The Bertz CT molecular complexity index is 511. The fourth-order valence-corrected chi connectivity index (χ4v) is 1.46. The van der Waals surface area contributed by atoms with E-state index in [0.717, 1.165) is 0 Å². The van der Waals surface area contributed by atoms with E-state index in [1.807, 2.05) is 0 Å². The molecule has 108 valence electrons. The van der Waals surface area contributed by atoms with Crippen LogP contribution in [0.4, 0.5) is 5.69 Å². The number of hydrogen-bond acceptors (Lipinski definition) is 5. The summed E-state index contributed by atoms with van der Waals surface area (Å²) in [5.74, 6) is -0.910. The molecule has 0 amide bonds. The normalized spacial score (nSPS) is 12.5. The van der Waals surface area contributed by atoms with Gasteiger partial charge in [-0.3, -0.25) is 4.79 Å². The molecule has 1 aromatic carbocycles. The van der Waals surface area contributed by atoms with Crippen molar-refractivity contribution in [2.24, 2.45) is 16.8 Å². The van der Waals surface area contributed by atoms with Crippen LogP contribution in [0.2, 0.25) is 0 Å². The highest BCUT2D eigenvalue weighted by atomic mass is 32.2. The maximum atomic E-state index is 10.7. The summed E-state index contributed by atoms with van der Waals surface area (Å²) in [5, 5.41) is 13.1. The topological polar surface area (TPSA) is 150 Å². The van der Waals surface area contributed by atoms with Crippen LogP contribution in [0.5, 0.6) is 0 Å². The molecule has 7 N–H and O–H groups in total. The van der Waals surface area contributed by atoms with Crippen molar-refractivity contribution in [1.82, 2.24) is 0 Å². The predicted molar refractivity (Wildman–Crippen MR) is 72.7 cm³/mol. The molecule has 0 unspecified atom stereocenters. The number of hydrogen-bond donors (Lipinski definition) is 4. The largest absolute Gasteiger partial charge is 0.480 e. The van der Waals surface area contributed by atoms with Crippen molar-refractivity contribution in [3.63, 3.8) is 0 Å². The van der Waals surface area contributed by atoms with Gasteiger partial charge in [-0.25, -0.2) is 13.6 Å². The lowest BCUT2D eigenvalue weighted by atomic mass is 10.1. The zero-order chi connectivity index (χ0) is 15.2. The smallest absolute Gasteiger partial charge is 0.320 e. The molecular weight excluding hydrogens is 270 g/mol. The second kappa shape index (κ2) is 7.07. The molecule has 0 heterocycles. The van der Waals surface area contributed by atoms with Gasteiger partial charge in [-0.2, -0.15) is 0 Å². The monoisotopic (exact) mass is 289 g/mol. The molecule has 7 nitrogen and oxygen atoms in total. The first-order chi connectivity index (χ1) is 8.55. The van der Waals surface area contributed by atoms with Crippen LogP contribution in [0.3, 0.4) is 0 Å². The van der Waals surface area contributed by atoms with E-state index < -0.39 is 22.0 Å². The van der Waals surface area contributed by atoms with Crippen molar-refractivity contribution in [1.29, 1.82) is 0 Å². The third-order valence-corrected chi connectivity index (χ3v) is 3.14. The van der Waals surface area contributed by atoms with Gasteiger partial charge >= 0.3 is 5.97 Å². The van der Waals surface area contributed by atoms with Crippen LogP contribution in [0, 0.1) is 5.92 Å². The average Bonchev–Trinajstić information content (AvgIpc) is 2.27. The summed E-state index contributed by atoms with van der Waals surface area (Å²) in [7, 11) is -3.58. The minimum Gasteiger partial charge on any atom is -0.480 e. The number of primary sulfonamides is 1. The lowest BCUT2D eigenvalue weighted by molar-refractivity contribution is -0.139. The third kappa shape index (κ3) is 6.75. The second-order valence-electron chi connectivity index (χ2n) is 4.22. The fraction of sp³-hybridized carbons (Fsp3) is 0.364. The standard InChI is InChI=1S/C6H8N2O2S.C5H11NO2/c7-5-1-3-6(4-2-5)11(8,9)10;1-3(2)4(6)5(7)8/h1-4H,7H2,(H2,8,9,10);3-4H,6H2,1-2H3,(H,7,8)/t;4-/m.0/s1. The molecule has 0 spiro atoms. The summed E-state index contributed by atoms with van der Waals surface area (Å²) >= 11 is 0. The van der Waals surface area contributed by atoms with Crippen LogP contribution in [0.15, 0.2) is 29.2 Å². The fourth-order valence-electron chi connectivity index (χ4n) is 0.943. The van der Waals surface area contributed by atoms with Crippen LogP contribution in [-0.4, -0.2) is 25.5 Å². The van der Waals surface area contributed by atoms with Gasteiger partial charge < -0.3 is 16.6 Å². The van der Waals surface area contributed by atoms with E-state index in [9.17, 15) is 13.2 Å². The second-order valence-corrected chi connectivity index (χ2v) is 5.78. The Morgan fingerprint density at radius 1 is 1.21 bits per heavy atom. The minimum absolute atomic E-state index is 0.0208. The molecule has 0 aliphatic rings. The summed E-state index contributed by atoms with van der Waals surface area (Å²) in [6.45, 7) is 3.55. The maximum absolute atomic E-state index is 10.7. The van der Waals surface area contributed by atoms with Crippen molar-refractivity contribution < 1.29 is 18.3 Å². The Kier molecular flexibility index (Phi) is 6.46. The molecule has 0 saturated heterocycles. The van der Waals surface area contributed by atoms with Crippen molar-refractivity contribution in [3.05, 3.63) is 24.3 Å². The van der Waals surface area contributed by atoms with Crippen LogP contribution in [0.25, 0.3) is 0 Å². The number of rotatable bonds is 3. The van der Waals surface area contributed by atoms with E-state index in [2.05, 4.69) is 0 Å². The first-order valence-electron chi connectivity index (χ1n) is 5.42. The number of carbonyl (C=O) groups is 1. The molecule has 0 bridgehead atoms. The third-order valence-electron chi connectivity index (χ3n) is 2.21. The molecule has 1 aromatic rings. The Morgan fingerprint density at radius 2 is 1.63 bits per heavy atom. The Balaban J connectivity index is 0.000000362. The molecule has 0 aliphatic carbocycles. The van der Waals surface area contributed by atoms with Crippen LogP contribution in [-0.2, 0) is 14.8 Å².